The summed E-state index contributed by atoms with van der Waals surface area (Å²) in [6.07, 6.45) is 1.07. The first-order valence-electron chi connectivity index (χ1n) is 6.22. The van der Waals surface area contributed by atoms with E-state index in [1.165, 1.54) is 0 Å². The molecule has 0 N–H and O–H groups in total. The van der Waals surface area contributed by atoms with Gasteiger partial charge >= 0.3 is 0 Å². The molecule has 2 nitrogen and oxygen atoms in total. The molecule has 0 heterocycles. The predicted molar refractivity (Wildman–Crippen MR) is 69.2 cm³/mol. The summed E-state index contributed by atoms with van der Waals surface area (Å²) in [5.74, 6) is 0. The predicted octanol–water partition coefficient (Wildman–Crippen LogP) is 4.58. The van der Waals surface area contributed by atoms with E-state index in [2.05, 4.69) is 48.5 Å². The Morgan fingerprint density at radius 1 is 0.875 bits per heavy atom. The van der Waals surface area contributed by atoms with Crippen LogP contribution in [0.3, 0.4) is 0 Å². The fourth-order valence-electron chi connectivity index (χ4n) is 1.63. The lowest BCUT2D eigenvalue weighted by Crippen LogP contribution is -2.46. The van der Waals surface area contributed by atoms with Crippen LogP contribution in [0.4, 0.5) is 0 Å². The molecule has 0 aromatic heterocycles. The highest BCUT2D eigenvalue weighted by Gasteiger charge is 2.43. The molecular formula is C14H30O2. The van der Waals surface area contributed by atoms with Gasteiger partial charge in [-0.15, -0.1) is 0 Å². The highest BCUT2D eigenvalue weighted by molar-refractivity contribution is 4.90. The summed E-state index contributed by atoms with van der Waals surface area (Å²) >= 11 is 0. The van der Waals surface area contributed by atoms with Crippen LogP contribution in [0.25, 0.3) is 0 Å². The Bertz CT molecular complexity index is 208. The van der Waals surface area contributed by atoms with Gasteiger partial charge in [-0.25, -0.2) is 9.78 Å². The molecule has 0 spiro atoms. The summed E-state index contributed by atoms with van der Waals surface area (Å²) in [6.45, 7) is 19.4. The van der Waals surface area contributed by atoms with Crippen LogP contribution < -0.4 is 0 Å². The molecule has 98 valence electrons. The van der Waals surface area contributed by atoms with E-state index in [4.69, 9.17) is 9.78 Å². The first-order chi connectivity index (χ1) is 6.87. The topological polar surface area (TPSA) is 18.5 Å². The molecule has 0 amide bonds. The van der Waals surface area contributed by atoms with Crippen LogP contribution in [-0.2, 0) is 9.78 Å². The van der Waals surface area contributed by atoms with Gasteiger partial charge in [-0.05, 0) is 38.0 Å². The van der Waals surface area contributed by atoms with Crippen LogP contribution in [0.15, 0.2) is 0 Å². The molecule has 0 aliphatic carbocycles. The fraction of sp³-hybridized carbons (Fsp3) is 1.00. The number of hydrogen-bond donors (Lipinski definition) is 0. The lowest BCUT2D eigenvalue weighted by atomic mass is 9.69. The summed E-state index contributed by atoms with van der Waals surface area (Å²) < 4.78 is 0. The largest absolute Gasteiger partial charge is 0.233 e. The van der Waals surface area contributed by atoms with E-state index >= 15 is 0 Å². The lowest BCUT2D eigenvalue weighted by Gasteiger charge is -2.44. The van der Waals surface area contributed by atoms with Gasteiger partial charge in [0.15, 0.2) is 0 Å². The molecule has 0 aliphatic rings. The Morgan fingerprint density at radius 2 is 1.31 bits per heavy atom. The van der Waals surface area contributed by atoms with Gasteiger partial charge in [0.1, 0.15) is 5.60 Å². The van der Waals surface area contributed by atoms with Gasteiger partial charge in [0, 0.05) is 0 Å². The zero-order valence-electron chi connectivity index (χ0n) is 12.6. The Kier molecular flexibility index (Phi) is 5.03. The smallest absolute Gasteiger partial charge is 0.106 e. The average Bonchev–Trinajstić information content (AvgIpc) is 1.95. The van der Waals surface area contributed by atoms with Gasteiger partial charge in [0.2, 0.25) is 0 Å². The SMILES string of the molecule is CC(C)OOC(C)(CC(C)(C)C)C(C)(C)C. The van der Waals surface area contributed by atoms with E-state index in [1.807, 2.05) is 13.8 Å². The van der Waals surface area contributed by atoms with Gasteiger partial charge in [0.25, 0.3) is 0 Å². The van der Waals surface area contributed by atoms with Crippen molar-refractivity contribution in [2.75, 3.05) is 0 Å². The maximum Gasteiger partial charge on any atom is 0.106 e. The second-order valence-corrected chi connectivity index (χ2v) is 7.45. The summed E-state index contributed by atoms with van der Waals surface area (Å²) in [7, 11) is 0. The van der Waals surface area contributed by atoms with E-state index in [9.17, 15) is 0 Å². The second-order valence-electron chi connectivity index (χ2n) is 7.45. The van der Waals surface area contributed by atoms with Crippen molar-refractivity contribution in [3.05, 3.63) is 0 Å². The van der Waals surface area contributed by atoms with Crippen molar-refractivity contribution in [1.82, 2.24) is 0 Å². The summed E-state index contributed by atoms with van der Waals surface area (Å²) in [5, 5.41) is 0. The molecule has 0 bridgehead atoms. The first-order valence-corrected chi connectivity index (χ1v) is 6.22. The Hall–Kier alpha value is -0.0800. The van der Waals surface area contributed by atoms with Crippen LogP contribution in [-0.4, -0.2) is 11.7 Å². The minimum absolute atomic E-state index is 0.0508. The van der Waals surface area contributed by atoms with Crippen molar-refractivity contribution in [1.29, 1.82) is 0 Å². The molecule has 0 fully saturated rings. The molecule has 0 aliphatic heterocycles. The Labute approximate surface area is 102 Å². The minimum atomic E-state index is -0.268. The van der Waals surface area contributed by atoms with E-state index < -0.39 is 0 Å². The molecular weight excluding hydrogens is 200 g/mol. The molecule has 0 aromatic rings. The molecule has 1 atom stereocenters. The van der Waals surface area contributed by atoms with E-state index in [0.29, 0.717) is 0 Å². The van der Waals surface area contributed by atoms with Crippen molar-refractivity contribution < 1.29 is 9.78 Å². The average molecular weight is 230 g/mol. The maximum atomic E-state index is 5.73. The molecule has 0 saturated heterocycles. The highest BCUT2D eigenvalue weighted by atomic mass is 17.2. The molecule has 0 rings (SSSR count). The molecule has 16 heavy (non-hydrogen) atoms. The van der Waals surface area contributed by atoms with Gasteiger partial charge in [-0.1, -0.05) is 41.5 Å². The first kappa shape index (κ1) is 15.9. The van der Waals surface area contributed by atoms with Gasteiger partial charge in [-0.3, -0.25) is 0 Å². The number of rotatable bonds is 4. The second kappa shape index (κ2) is 5.05. The highest BCUT2D eigenvalue weighted by Crippen LogP contribution is 2.42. The van der Waals surface area contributed by atoms with E-state index in [-0.39, 0.29) is 22.5 Å². The molecule has 0 radical (unpaired) electrons. The Balaban J connectivity index is 4.77. The third-order valence-electron chi connectivity index (χ3n) is 2.88. The van der Waals surface area contributed by atoms with Gasteiger partial charge in [0.05, 0.1) is 6.10 Å². The molecule has 1 unspecified atom stereocenters. The summed E-state index contributed by atoms with van der Waals surface area (Å²) in [5.41, 5.74) is 0.00700. The zero-order valence-corrected chi connectivity index (χ0v) is 12.6. The van der Waals surface area contributed by atoms with Crippen molar-refractivity contribution in [3.63, 3.8) is 0 Å². The lowest BCUT2D eigenvalue weighted by molar-refractivity contribution is -0.399. The third kappa shape index (κ3) is 5.31. The van der Waals surface area contributed by atoms with Gasteiger partial charge < -0.3 is 0 Å². The number of hydrogen-bond acceptors (Lipinski definition) is 2. The standard InChI is InChI=1S/C14H30O2/c1-11(2)15-16-14(9,13(6,7)8)10-12(3,4)5/h11H,10H2,1-9H3. The van der Waals surface area contributed by atoms with E-state index in [1.54, 1.807) is 0 Å². The fourth-order valence-corrected chi connectivity index (χ4v) is 1.63. The van der Waals surface area contributed by atoms with Crippen molar-refractivity contribution in [3.8, 4) is 0 Å². The minimum Gasteiger partial charge on any atom is -0.233 e. The zero-order chi connectivity index (χ0) is 13.2. The normalized spacial score (nSPS) is 17.6. The quantitative estimate of drug-likeness (QED) is 0.519. The van der Waals surface area contributed by atoms with E-state index in [0.717, 1.165) is 6.42 Å². The van der Waals surface area contributed by atoms with Crippen LogP contribution in [0.1, 0.15) is 68.7 Å². The van der Waals surface area contributed by atoms with Crippen molar-refractivity contribution in [2.24, 2.45) is 10.8 Å². The molecule has 0 saturated carbocycles. The van der Waals surface area contributed by atoms with Crippen LogP contribution >= 0.6 is 0 Å². The van der Waals surface area contributed by atoms with Gasteiger partial charge in [-0.2, -0.15) is 0 Å². The van der Waals surface area contributed by atoms with Crippen LogP contribution in [0.5, 0.6) is 0 Å². The molecule has 0 aromatic carbocycles. The summed E-state index contributed by atoms with van der Waals surface area (Å²) in [4.78, 5) is 11.1. The maximum absolute atomic E-state index is 5.73. The summed E-state index contributed by atoms with van der Waals surface area (Å²) in [6, 6.07) is 0. The molecule has 2 heteroatoms. The Morgan fingerprint density at radius 3 is 1.56 bits per heavy atom. The third-order valence-corrected chi connectivity index (χ3v) is 2.88. The van der Waals surface area contributed by atoms with Crippen molar-refractivity contribution >= 4 is 0 Å². The monoisotopic (exact) mass is 230 g/mol. The van der Waals surface area contributed by atoms with Crippen molar-refractivity contribution in [2.45, 2.75) is 80.4 Å². The van der Waals surface area contributed by atoms with Crippen LogP contribution in [0, 0.1) is 10.8 Å². The van der Waals surface area contributed by atoms with Crippen LogP contribution in [0.2, 0.25) is 0 Å².